The molecule has 6 nitrogen and oxygen atoms in total. The lowest BCUT2D eigenvalue weighted by molar-refractivity contribution is 0.605. The Labute approximate surface area is 93.1 Å². The van der Waals surface area contributed by atoms with Crippen LogP contribution in [0, 0.1) is 6.92 Å². The number of H-pyrrole nitrogens is 1. The highest BCUT2D eigenvalue weighted by Gasteiger charge is 2.19. The Morgan fingerprint density at radius 2 is 2.19 bits per heavy atom. The fraction of sp³-hybridized carbons (Fsp3) is 0.200. The van der Waals surface area contributed by atoms with Gasteiger partial charge in [-0.2, -0.15) is 0 Å². The number of aromatic amines is 1. The molecule has 16 heavy (non-hydrogen) atoms. The van der Waals surface area contributed by atoms with Crippen molar-refractivity contribution in [2.75, 3.05) is 5.73 Å². The molecule has 0 saturated carbocycles. The largest absolute Gasteiger partial charge is 0.383 e. The molecule has 0 aliphatic carbocycles. The zero-order chi connectivity index (χ0) is 11.5. The van der Waals surface area contributed by atoms with Crippen LogP contribution in [0.1, 0.15) is 23.0 Å². The van der Waals surface area contributed by atoms with E-state index in [-0.39, 0.29) is 6.04 Å². The van der Waals surface area contributed by atoms with E-state index in [4.69, 9.17) is 11.6 Å². The Morgan fingerprint density at radius 1 is 1.38 bits per heavy atom. The minimum absolute atomic E-state index is 0.274. The first kappa shape index (κ1) is 10.6. The number of imidazole rings is 1. The topological polar surface area (TPSA) is 106 Å². The van der Waals surface area contributed by atoms with E-state index in [0.29, 0.717) is 11.6 Å². The number of rotatable bonds is 3. The minimum Gasteiger partial charge on any atom is -0.383 e. The van der Waals surface area contributed by atoms with Gasteiger partial charge in [0.05, 0.1) is 0 Å². The normalized spacial score (nSPS) is 12.6. The summed E-state index contributed by atoms with van der Waals surface area (Å²) < 4.78 is 0. The zero-order valence-electron chi connectivity index (χ0n) is 8.94. The number of aryl methyl sites for hydroxylation is 1. The van der Waals surface area contributed by atoms with Crippen LogP contribution >= 0.6 is 0 Å². The average Bonchev–Trinajstić information content (AvgIpc) is 2.77. The van der Waals surface area contributed by atoms with E-state index in [2.05, 4.69) is 20.4 Å². The van der Waals surface area contributed by atoms with Crippen molar-refractivity contribution >= 4 is 5.82 Å². The van der Waals surface area contributed by atoms with Gasteiger partial charge in [0, 0.05) is 24.2 Å². The molecule has 6 heteroatoms. The minimum atomic E-state index is -0.274. The van der Waals surface area contributed by atoms with E-state index in [1.165, 1.54) is 0 Å². The summed E-state index contributed by atoms with van der Waals surface area (Å²) in [6.45, 7) is 1.96. The number of aromatic nitrogens is 3. The molecule has 0 fully saturated rings. The average molecular weight is 218 g/mol. The van der Waals surface area contributed by atoms with Crippen molar-refractivity contribution in [3.8, 4) is 0 Å². The van der Waals surface area contributed by atoms with E-state index in [1.807, 2.05) is 13.0 Å². The van der Waals surface area contributed by atoms with Gasteiger partial charge >= 0.3 is 0 Å². The molecule has 84 valence electrons. The molecule has 0 aliphatic heterocycles. The SMILES string of the molecule is Cc1ccnc(N)c1C(NN)c1ncc[nH]1. The highest BCUT2D eigenvalue weighted by molar-refractivity contribution is 5.48. The molecule has 0 amide bonds. The molecule has 1 atom stereocenters. The fourth-order valence-electron chi connectivity index (χ4n) is 1.70. The predicted molar refractivity (Wildman–Crippen MR) is 61.1 cm³/mol. The van der Waals surface area contributed by atoms with Gasteiger partial charge in [-0.25, -0.2) is 15.4 Å². The molecule has 0 bridgehead atoms. The molecule has 0 aromatic carbocycles. The third-order valence-corrected chi connectivity index (χ3v) is 2.49. The summed E-state index contributed by atoms with van der Waals surface area (Å²) in [7, 11) is 0. The van der Waals surface area contributed by atoms with Crippen molar-refractivity contribution in [2.24, 2.45) is 5.84 Å². The van der Waals surface area contributed by atoms with Crippen LogP contribution < -0.4 is 17.0 Å². The standard InChI is InChI=1S/C10H14N6/c1-6-2-3-13-9(11)7(6)8(16-12)10-14-4-5-15-10/h2-5,8,16H,12H2,1H3,(H2,11,13)(H,14,15). The Hall–Kier alpha value is -1.92. The van der Waals surface area contributed by atoms with Crippen molar-refractivity contribution in [3.05, 3.63) is 41.6 Å². The van der Waals surface area contributed by atoms with Crippen molar-refractivity contribution < 1.29 is 0 Å². The van der Waals surface area contributed by atoms with Crippen molar-refractivity contribution in [1.82, 2.24) is 20.4 Å². The summed E-state index contributed by atoms with van der Waals surface area (Å²) in [5.41, 5.74) is 10.4. The second-order valence-corrected chi connectivity index (χ2v) is 3.50. The lowest BCUT2D eigenvalue weighted by Crippen LogP contribution is -2.31. The van der Waals surface area contributed by atoms with Gasteiger partial charge in [0.25, 0.3) is 0 Å². The summed E-state index contributed by atoms with van der Waals surface area (Å²) in [6, 6.07) is 1.61. The zero-order valence-corrected chi connectivity index (χ0v) is 8.94. The Kier molecular flexibility index (Phi) is 2.84. The van der Waals surface area contributed by atoms with Crippen LogP contribution in [0.4, 0.5) is 5.82 Å². The van der Waals surface area contributed by atoms with Gasteiger partial charge in [0.15, 0.2) is 0 Å². The third-order valence-electron chi connectivity index (χ3n) is 2.49. The van der Waals surface area contributed by atoms with E-state index in [0.717, 1.165) is 11.1 Å². The molecule has 0 aliphatic rings. The lowest BCUT2D eigenvalue weighted by atomic mass is 10.0. The Bertz CT molecular complexity index is 444. The molecule has 0 radical (unpaired) electrons. The van der Waals surface area contributed by atoms with Crippen molar-refractivity contribution in [1.29, 1.82) is 0 Å². The van der Waals surface area contributed by atoms with Crippen LogP contribution in [0.2, 0.25) is 0 Å². The van der Waals surface area contributed by atoms with Crippen molar-refractivity contribution in [2.45, 2.75) is 13.0 Å². The summed E-state index contributed by atoms with van der Waals surface area (Å²) in [6.07, 6.45) is 5.08. The molecule has 2 aromatic rings. The van der Waals surface area contributed by atoms with Crippen LogP contribution in [0.5, 0.6) is 0 Å². The number of pyridine rings is 1. The monoisotopic (exact) mass is 218 g/mol. The molecule has 2 aromatic heterocycles. The highest BCUT2D eigenvalue weighted by Crippen LogP contribution is 2.25. The summed E-state index contributed by atoms with van der Waals surface area (Å²) in [5.74, 6) is 6.71. The number of nitrogens with zero attached hydrogens (tertiary/aromatic N) is 2. The number of hydrogen-bond donors (Lipinski definition) is 4. The molecule has 6 N–H and O–H groups in total. The van der Waals surface area contributed by atoms with Crippen LogP contribution in [0.25, 0.3) is 0 Å². The number of nitrogen functional groups attached to an aromatic ring is 1. The molecule has 0 spiro atoms. The molecule has 2 rings (SSSR count). The lowest BCUT2D eigenvalue weighted by Gasteiger charge is -2.17. The summed E-state index contributed by atoms with van der Waals surface area (Å²) >= 11 is 0. The fourth-order valence-corrected chi connectivity index (χ4v) is 1.70. The summed E-state index contributed by atoms with van der Waals surface area (Å²) in [5, 5.41) is 0. The number of nitrogens with two attached hydrogens (primary N) is 2. The smallest absolute Gasteiger partial charge is 0.129 e. The second-order valence-electron chi connectivity index (χ2n) is 3.50. The third kappa shape index (κ3) is 1.75. The molecule has 0 saturated heterocycles. The maximum atomic E-state index is 5.86. The molecule has 1 unspecified atom stereocenters. The summed E-state index contributed by atoms with van der Waals surface area (Å²) in [4.78, 5) is 11.2. The molecular formula is C10H14N6. The van der Waals surface area contributed by atoms with E-state index in [1.54, 1.807) is 18.6 Å². The first-order valence-electron chi connectivity index (χ1n) is 4.90. The van der Waals surface area contributed by atoms with E-state index in [9.17, 15) is 0 Å². The maximum absolute atomic E-state index is 5.86. The van der Waals surface area contributed by atoms with E-state index < -0.39 is 0 Å². The van der Waals surface area contributed by atoms with Gasteiger partial charge in [-0.1, -0.05) is 0 Å². The van der Waals surface area contributed by atoms with Gasteiger partial charge in [0.2, 0.25) is 0 Å². The first-order chi connectivity index (χ1) is 7.74. The number of hydrazine groups is 1. The van der Waals surface area contributed by atoms with Gasteiger partial charge in [0.1, 0.15) is 17.7 Å². The second kappa shape index (κ2) is 4.30. The highest BCUT2D eigenvalue weighted by atomic mass is 15.3. The van der Waals surface area contributed by atoms with Crippen LogP contribution in [0.15, 0.2) is 24.7 Å². The predicted octanol–water partition coefficient (Wildman–Crippen LogP) is 0.248. The Balaban J connectivity index is 2.49. The van der Waals surface area contributed by atoms with Crippen LogP contribution in [0.3, 0.4) is 0 Å². The van der Waals surface area contributed by atoms with Crippen LogP contribution in [-0.4, -0.2) is 15.0 Å². The van der Waals surface area contributed by atoms with Crippen LogP contribution in [-0.2, 0) is 0 Å². The Morgan fingerprint density at radius 3 is 2.75 bits per heavy atom. The molecule has 2 heterocycles. The van der Waals surface area contributed by atoms with Gasteiger partial charge in [-0.3, -0.25) is 5.84 Å². The number of hydrogen-bond acceptors (Lipinski definition) is 5. The van der Waals surface area contributed by atoms with Gasteiger partial charge < -0.3 is 10.7 Å². The van der Waals surface area contributed by atoms with Gasteiger partial charge in [-0.15, -0.1) is 0 Å². The number of nitrogens with one attached hydrogen (secondary N) is 2. The quantitative estimate of drug-likeness (QED) is 0.436. The van der Waals surface area contributed by atoms with Crippen molar-refractivity contribution in [3.63, 3.8) is 0 Å². The maximum Gasteiger partial charge on any atom is 0.129 e. The van der Waals surface area contributed by atoms with E-state index >= 15 is 0 Å². The first-order valence-corrected chi connectivity index (χ1v) is 4.90. The number of anilines is 1. The molecular weight excluding hydrogens is 204 g/mol. The van der Waals surface area contributed by atoms with Gasteiger partial charge in [-0.05, 0) is 18.6 Å².